The van der Waals surface area contributed by atoms with Crippen LogP contribution < -0.4 is 15.3 Å². The van der Waals surface area contributed by atoms with Crippen LogP contribution in [0.25, 0.3) is 44.9 Å². The molecule has 0 aliphatic carbocycles. The smallest absolute Gasteiger partial charge is 0.345 e. The summed E-state index contributed by atoms with van der Waals surface area (Å²) >= 11 is 0. The van der Waals surface area contributed by atoms with Gasteiger partial charge in [-0.05, 0) is 63.2 Å². The number of rotatable bonds is 7. The fraction of sp³-hybridized carbons (Fsp3) is 0.200. The van der Waals surface area contributed by atoms with Crippen LogP contribution in [0.3, 0.4) is 0 Å². The molecule has 0 saturated heterocycles. The number of benzene rings is 3. The number of aryl methyl sites for hydroxylation is 1. The molecule has 0 atom stereocenters. The molecule has 0 aliphatic heterocycles. The normalized spacial score (nSPS) is 11.0. The van der Waals surface area contributed by atoms with Crippen molar-refractivity contribution in [3.63, 3.8) is 0 Å². The van der Waals surface area contributed by atoms with Gasteiger partial charge in [0.05, 0.1) is 12.7 Å². The molecule has 0 amide bonds. The summed E-state index contributed by atoms with van der Waals surface area (Å²) in [5, 5.41) is 9.72. The predicted octanol–water partition coefficient (Wildman–Crippen LogP) is 6.14. The SMILES string of the molecule is CCN(CC)c1ccc2cc(-c3nc(-c4ccc(C)cc4)nnc3-c3ccc(OC)cc3)c(=O)oc2c1. The van der Waals surface area contributed by atoms with Crippen LogP contribution in [0.1, 0.15) is 19.4 Å². The van der Waals surface area contributed by atoms with Gasteiger partial charge in [-0.3, -0.25) is 0 Å². The van der Waals surface area contributed by atoms with E-state index in [4.69, 9.17) is 14.1 Å². The van der Waals surface area contributed by atoms with Crippen LogP contribution in [0.2, 0.25) is 0 Å². The number of ether oxygens (including phenoxy) is 1. The quantitative estimate of drug-likeness (QED) is 0.252. The Labute approximate surface area is 215 Å². The number of fused-ring (bicyclic) bond motifs is 1. The van der Waals surface area contributed by atoms with E-state index in [1.165, 1.54) is 0 Å². The van der Waals surface area contributed by atoms with Gasteiger partial charge in [0.1, 0.15) is 22.7 Å². The van der Waals surface area contributed by atoms with Crippen LogP contribution in [-0.4, -0.2) is 35.4 Å². The van der Waals surface area contributed by atoms with Gasteiger partial charge in [0.25, 0.3) is 0 Å². The largest absolute Gasteiger partial charge is 0.497 e. The molecular formula is C30H28N4O3. The number of nitrogens with zero attached hydrogens (tertiary/aromatic N) is 4. The molecule has 2 aromatic heterocycles. The Balaban J connectivity index is 1.69. The van der Waals surface area contributed by atoms with Crippen molar-refractivity contribution < 1.29 is 9.15 Å². The van der Waals surface area contributed by atoms with Crippen LogP contribution in [0, 0.1) is 6.92 Å². The lowest BCUT2D eigenvalue weighted by Crippen LogP contribution is -2.21. The molecule has 37 heavy (non-hydrogen) atoms. The van der Waals surface area contributed by atoms with E-state index in [1.54, 1.807) is 7.11 Å². The minimum absolute atomic E-state index is 0.331. The molecule has 3 aromatic carbocycles. The van der Waals surface area contributed by atoms with Crippen molar-refractivity contribution in [1.29, 1.82) is 0 Å². The maximum absolute atomic E-state index is 13.3. The monoisotopic (exact) mass is 492 g/mol. The summed E-state index contributed by atoms with van der Waals surface area (Å²) in [7, 11) is 1.62. The Hall–Kier alpha value is -4.52. The zero-order chi connectivity index (χ0) is 25.9. The van der Waals surface area contributed by atoms with Gasteiger partial charge in [-0.15, -0.1) is 10.2 Å². The summed E-state index contributed by atoms with van der Waals surface area (Å²) in [6.45, 7) is 7.95. The van der Waals surface area contributed by atoms with E-state index in [9.17, 15) is 4.79 Å². The van der Waals surface area contributed by atoms with Gasteiger partial charge in [-0.1, -0.05) is 29.8 Å². The van der Waals surface area contributed by atoms with Crippen molar-refractivity contribution in [3.05, 3.63) is 88.8 Å². The molecule has 7 nitrogen and oxygen atoms in total. The average molecular weight is 493 g/mol. The van der Waals surface area contributed by atoms with Gasteiger partial charge in [0.15, 0.2) is 5.82 Å². The van der Waals surface area contributed by atoms with Crippen molar-refractivity contribution in [2.45, 2.75) is 20.8 Å². The molecule has 0 fully saturated rings. The Morgan fingerprint density at radius 1 is 0.838 bits per heavy atom. The molecule has 186 valence electrons. The van der Waals surface area contributed by atoms with Gasteiger partial charge < -0.3 is 14.1 Å². The molecule has 0 bridgehead atoms. The summed E-state index contributed by atoms with van der Waals surface area (Å²) in [5.41, 5.74) is 5.02. The molecule has 5 rings (SSSR count). The van der Waals surface area contributed by atoms with Crippen LogP contribution in [0.15, 0.2) is 82.0 Å². The summed E-state index contributed by atoms with van der Waals surface area (Å²) < 4.78 is 11.1. The van der Waals surface area contributed by atoms with Crippen LogP contribution >= 0.6 is 0 Å². The number of hydrogen-bond donors (Lipinski definition) is 0. The topological polar surface area (TPSA) is 81.4 Å². The third-order valence-electron chi connectivity index (χ3n) is 6.46. The standard InChI is InChI=1S/C30H28N4O3/c1-5-34(6-2)23-14-11-22-17-25(30(35)37-26(22)18-23)28-27(20-12-15-24(36-4)16-13-20)32-33-29(31-28)21-9-7-19(3)8-10-21/h7-18H,5-6H2,1-4H3. The molecule has 7 heteroatoms. The first-order chi connectivity index (χ1) is 18.0. The average Bonchev–Trinajstić information content (AvgIpc) is 2.93. The van der Waals surface area contributed by atoms with E-state index in [2.05, 4.69) is 28.9 Å². The highest BCUT2D eigenvalue weighted by atomic mass is 16.5. The predicted molar refractivity (Wildman–Crippen MR) is 147 cm³/mol. The highest BCUT2D eigenvalue weighted by molar-refractivity contribution is 5.87. The summed E-state index contributed by atoms with van der Waals surface area (Å²) in [6, 6.07) is 23.0. The summed E-state index contributed by atoms with van der Waals surface area (Å²) in [5.74, 6) is 1.15. The first-order valence-electron chi connectivity index (χ1n) is 12.3. The van der Waals surface area contributed by atoms with E-state index >= 15 is 0 Å². The molecular weight excluding hydrogens is 464 g/mol. The van der Waals surface area contributed by atoms with Crippen LogP contribution in [-0.2, 0) is 0 Å². The molecule has 0 unspecified atom stereocenters. The van der Waals surface area contributed by atoms with Gasteiger partial charge in [-0.25, -0.2) is 9.78 Å². The fourth-order valence-corrected chi connectivity index (χ4v) is 4.33. The Kier molecular flexibility index (Phi) is 6.68. The number of aromatic nitrogens is 3. The Bertz CT molecular complexity index is 1610. The van der Waals surface area contributed by atoms with E-state index in [0.29, 0.717) is 28.4 Å². The zero-order valence-electron chi connectivity index (χ0n) is 21.4. The maximum Gasteiger partial charge on any atom is 0.345 e. The number of anilines is 1. The molecule has 5 aromatic rings. The van der Waals surface area contributed by atoms with Gasteiger partial charge in [0, 0.05) is 41.4 Å². The minimum Gasteiger partial charge on any atom is -0.497 e. The third-order valence-corrected chi connectivity index (χ3v) is 6.46. The molecule has 0 radical (unpaired) electrons. The fourth-order valence-electron chi connectivity index (χ4n) is 4.33. The van der Waals surface area contributed by atoms with E-state index < -0.39 is 5.63 Å². The second-order valence-corrected chi connectivity index (χ2v) is 8.77. The highest BCUT2D eigenvalue weighted by Crippen LogP contribution is 2.32. The second-order valence-electron chi connectivity index (χ2n) is 8.77. The summed E-state index contributed by atoms with van der Waals surface area (Å²) in [6.07, 6.45) is 0. The van der Waals surface area contributed by atoms with Crippen molar-refractivity contribution in [2.24, 2.45) is 0 Å². The third kappa shape index (κ3) is 4.80. The van der Waals surface area contributed by atoms with E-state index in [-0.39, 0.29) is 0 Å². The minimum atomic E-state index is -0.477. The Morgan fingerprint density at radius 3 is 2.22 bits per heavy atom. The number of hydrogen-bond acceptors (Lipinski definition) is 7. The molecule has 0 aliphatic rings. The maximum atomic E-state index is 13.3. The number of methoxy groups -OCH3 is 1. The molecule has 2 heterocycles. The van der Waals surface area contributed by atoms with E-state index in [0.717, 1.165) is 46.6 Å². The van der Waals surface area contributed by atoms with Crippen molar-refractivity contribution in [1.82, 2.24) is 15.2 Å². The molecule has 0 saturated carbocycles. The Morgan fingerprint density at radius 2 is 1.54 bits per heavy atom. The lowest BCUT2D eigenvalue weighted by Gasteiger charge is -2.21. The van der Waals surface area contributed by atoms with Gasteiger partial charge in [0.2, 0.25) is 0 Å². The van der Waals surface area contributed by atoms with Crippen LogP contribution in [0.5, 0.6) is 5.75 Å². The summed E-state index contributed by atoms with van der Waals surface area (Å²) in [4.78, 5) is 20.4. The lowest BCUT2D eigenvalue weighted by atomic mass is 10.0. The first-order valence-corrected chi connectivity index (χ1v) is 12.3. The van der Waals surface area contributed by atoms with Gasteiger partial charge >= 0.3 is 5.63 Å². The zero-order valence-corrected chi connectivity index (χ0v) is 21.4. The highest BCUT2D eigenvalue weighted by Gasteiger charge is 2.19. The van der Waals surface area contributed by atoms with Gasteiger partial charge in [-0.2, -0.15) is 0 Å². The van der Waals surface area contributed by atoms with Crippen LogP contribution in [0.4, 0.5) is 5.69 Å². The lowest BCUT2D eigenvalue weighted by molar-refractivity contribution is 0.415. The second kappa shape index (κ2) is 10.2. The van der Waals surface area contributed by atoms with E-state index in [1.807, 2.05) is 79.7 Å². The molecule has 0 N–H and O–H groups in total. The molecule has 0 spiro atoms. The van der Waals surface area contributed by atoms with Crippen molar-refractivity contribution in [3.8, 4) is 39.7 Å². The van der Waals surface area contributed by atoms with Crippen molar-refractivity contribution >= 4 is 16.7 Å². The van der Waals surface area contributed by atoms with Crippen molar-refractivity contribution in [2.75, 3.05) is 25.1 Å². The first kappa shape index (κ1) is 24.2.